The fourth-order valence-corrected chi connectivity index (χ4v) is 5.73. The van der Waals surface area contributed by atoms with Gasteiger partial charge in [0.1, 0.15) is 17.2 Å². The topological polar surface area (TPSA) is 120 Å². The Balaban J connectivity index is 0.000000177. The summed E-state index contributed by atoms with van der Waals surface area (Å²) in [5, 5.41) is 11.9. The van der Waals surface area contributed by atoms with Crippen molar-refractivity contribution in [3.63, 3.8) is 0 Å². The van der Waals surface area contributed by atoms with Crippen LogP contribution in [0.4, 0.5) is 55.3 Å². The summed E-state index contributed by atoms with van der Waals surface area (Å²) in [6.45, 7) is 0. The van der Waals surface area contributed by atoms with Gasteiger partial charge in [0.25, 0.3) is 11.8 Å². The molecule has 2 amide bonds. The molecule has 2 aliphatic rings. The number of carbonyl (C=O) groups is 2. The highest BCUT2D eigenvalue weighted by Gasteiger charge is 2.39. The molecule has 0 spiro atoms. The molecule has 300 valence electrons. The first kappa shape index (κ1) is 39.6. The number of amides is 2. The van der Waals surface area contributed by atoms with E-state index in [1.807, 2.05) is 0 Å². The Hall–Kier alpha value is -6.60. The number of nitrogens with zero attached hydrogens (tertiary/aromatic N) is 6. The maximum atomic E-state index is 13.7. The summed E-state index contributed by atoms with van der Waals surface area (Å²) in [7, 11) is 0. The number of halogens is 10. The van der Waals surface area contributed by atoms with E-state index in [0.29, 0.717) is 11.4 Å². The van der Waals surface area contributed by atoms with E-state index < -0.39 is 70.0 Å². The second-order valence-electron chi connectivity index (χ2n) is 13.2. The van der Waals surface area contributed by atoms with Crippen molar-refractivity contribution < 1.29 is 53.5 Å². The number of nitrogens with one attached hydrogen (secondary N) is 2. The molecule has 2 aliphatic carbocycles. The molecule has 0 aliphatic heterocycles. The number of carbonyl (C=O) groups excluding carboxylic acids is 2. The van der Waals surface area contributed by atoms with Crippen LogP contribution in [0.15, 0.2) is 85.2 Å². The van der Waals surface area contributed by atoms with Crippen molar-refractivity contribution in [2.45, 2.75) is 49.9 Å². The lowest BCUT2D eigenvalue weighted by Crippen LogP contribution is -2.16. The largest absolute Gasteiger partial charge is 0.435 e. The molecule has 2 saturated carbocycles. The van der Waals surface area contributed by atoms with Crippen LogP contribution in [0.1, 0.15) is 81.0 Å². The Morgan fingerprint density at radius 2 is 1.02 bits per heavy atom. The summed E-state index contributed by atoms with van der Waals surface area (Å²) in [5.74, 6) is -6.08. The summed E-state index contributed by atoms with van der Waals surface area (Å²) in [6.07, 6.45) is -3.68. The van der Waals surface area contributed by atoms with E-state index in [0.717, 1.165) is 77.5 Å². The zero-order valence-corrected chi connectivity index (χ0v) is 29.3. The van der Waals surface area contributed by atoms with E-state index in [1.54, 1.807) is 0 Å². The van der Waals surface area contributed by atoms with Crippen LogP contribution in [0.3, 0.4) is 0 Å². The maximum absolute atomic E-state index is 13.7. The van der Waals surface area contributed by atoms with Crippen molar-refractivity contribution in [2.75, 3.05) is 10.6 Å². The second-order valence-corrected chi connectivity index (χ2v) is 13.2. The van der Waals surface area contributed by atoms with E-state index in [-0.39, 0.29) is 34.8 Å². The molecular formula is C38H26F10N8O2. The first-order valence-corrected chi connectivity index (χ1v) is 17.3. The van der Waals surface area contributed by atoms with Gasteiger partial charge in [0.05, 0.1) is 29.3 Å². The highest BCUT2D eigenvalue weighted by Crippen LogP contribution is 2.44. The van der Waals surface area contributed by atoms with E-state index >= 15 is 0 Å². The van der Waals surface area contributed by atoms with Gasteiger partial charge in [-0.15, -0.1) is 0 Å². The fourth-order valence-electron chi connectivity index (χ4n) is 5.73. The highest BCUT2D eigenvalue weighted by atomic mass is 19.4. The molecule has 6 aromatic rings. The van der Waals surface area contributed by atoms with Crippen LogP contribution in [0.25, 0.3) is 11.6 Å². The van der Waals surface area contributed by atoms with E-state index in [9.17, 15) is 53.5 Å². The summed E-state index contributed by atoms with van der Waals surface area (Å²) < 4.78 is 135. The van der Waals surface area contributed by atoms with Crippen LogP contribution in [-0.4, -0.2) is 41.3 Å². The molecule has 58 heavy (non-hydrogen) atoms. The third-order valence-electron chi connectivity index (χ3n) is 8.88. The quantitative estimate of drug-likeness (QED) is 0.148. The molecule has 4 aromatic heterocycles. The zero-order valence-electron chi connectivity index (χ0n) is 29.3. The number of rotatable bonds is 8. The standard InChI is InChI=1S/2C19H13F5N4O/c20-12-2-1-3-13(21)17(12)18(29)26-11-6-7-16(25-9-11)28-14(10-4-5-10)8-15(27-28)19(22,23)24;20-13-3-1-2-12(17(13)21)18(29)26-11-6-7-16(25-9-11)28-14(10-4-5-10)8-15(27-28)19(22,23)24/h2*1-3,6-10H,4-5H2,(H,26,29). The summed E-state index contributed by atoms with van der Waals surface area (Å²) in [5.41, 5.74) is -2.11. The van der Waals surface area contributed by atoms with Gasteiger partial charge < -0.3 is 10.6 Å². The SMILES string of the molecule is O=C(Nc1ccc(-n2nc(C(F)(F)F)cc2C2CC2)nc1)c1c(F)cccc1F.O=C(Nc1ccc(-n2nc(C(F)(F)F)cc2C2CC2)nc1)c1cccc(F)c1F. The Kier molecular flexibility index (Phi) is 10.5. The minimum Gasteiger partial charge on any atom is -0.320 e. The van der Waals surface area contributed by atoms with Crippen molar-refractivity contribution >= 4 is 23.2 Å². The van der Waals surface area contributed by atoms with Gasteiger partial charge in [-0.05, 0) is 86.3 Å². The van der Waals surface area contributed by atoms with Gasteiger partial charge in [-0.25, -0.2) is 36.9 Å². The number of hydrogen-bond donors (Lipinski definition) is 2. The molecule has 8 rings (SSSR count). The number of anilines is 2. The van der Waals surface area contributed by atoms with Gasteiger partial charge in [-0.3, -0.25) is 9.59 Å². The molecule has 20 heteroatoms. The van der Waals surface area contributed by atoms with Crippen LogP contribution < -0.4 is 10.6 Å². The van der Waals surface area contributed by atoms with Crippen LogP contribution >= 0.6 is 0 Å². The molecular weight excluding hydrogens is 790 g/mol. The van der Waals surface area contributed by atoms with Gasteiger partial charge in [0, 0.05) is 23.2 Å². The van der Waals surface area contributed by atoms with Crippen LogP contribution in [0.2, 0.25) is 0 Å². The fraction of sp³-hybridized carbons (Fsp3) is 0.211. The Labute approximate surface area is 320 Å². The second kappa shape index (κ2) is 15.4. The Morgan fingerprint density at radius 3 is 1.43 bits per heavy atom. The van der Waals surface area contributed by atoms with Crippen molar-refractivity contribution in [1.82, 2.24) is 29.5 Å². The Morgan fingerprint density at radius 1 is 0.586 bits per heavy atom. The highest BCUT2D eigenvalue weighted by molar-refractivity contribution is 6.05. The van der Waals surface area contributed by atoms with E-state index in [1.165, 1.54) is 42.7 Å². The van der Waals surface area contributed by atoms with E-state index in [2.05, 4.69) is 30.8 Å². The maximum Gasteiger partial charge on any atom is 0.435 e. The first-order valence-electron chi connectivity index (χ1n) is 17.3. The molecule has 2 fully saturated rings. The van der Waals surface area contributed by atoms with Crippen LogP contribution in [-0.2, 0) is 12.4 Å². The molecule has 0 unspecified atom stereocenters. The predicted molar refractivity (Wildman–Crippen MR) is 185 cm³/mol. The van der Waals surface area contributed by atoms with Gasteiger partial charge in [-0.1, -0.05) is 12.1 Å². The molecule has 0 saturated heterocycles. The molecule has 0 bridgehead atoms. The van der Waals surface area contributed by atoms with Crippen LogP contribution in [0, 0.1) is 23.3 Å². The molecule has 2 aromatic carbocycles. The molecule has 0 atom stereocenters. The van der Waals surface area contributed by atoms with Crippen LogP contribution in [0.5, 0.6) is 0 Å². The van der Waals surface area contributed by atoms with Gasteiger partial charge in [0.2, 0.25) is 0 Å². The molecule has 10 nitrogen and oxygen atoms in total. The number of aromatic nitrogens is 6. The number of hydrogen-bond acceptors (Lipinski definition) is 6. The Bertz CT molecular complexity index is 2470. The lowest BCUT2D eigenvalue weighted by atomic mass is 10.2. The first-order chi connectivity index (χ1) is 27.5. The zero-order chi connectivity index (χ0) is 41.5. The normalized spacial score (nSPS) is 14.1. The smallest absolute Gasteiger partial charge is 0.320 e. The lowest BCUT2D eigenvalue weighted by Gasteiger charge is -2.09. The number of pyridine rings is 2. The lowest BCUT2D eigenvalue weighted by molar-refractivity contribution is -0.142. The van der Waals surface area contributed by atoms with Crippen molar-refractivity contribution in [3.05, 3.63) is 142 Å². The summed E-state index contributed by atoms with van der Waals surface area (Å²) in [4.78, 5) is 32.3. The summed E-state index contributed by atoms with van der Waals surface area (Å²) >= 11 is 0. The van der Waals surface area contributed by atoms with Gasteiger partial charge in [-0.2, -0.15) is 36.5 Å². The molecule has 0 radical (unpaired) electrons. The van der Waals surface area contributed by atoms with Crippen molar-refractivity contribution in [2.24, 2.45) is 0 Å². The number of alkyl halides is 6. The van der Waals surface area contributed by atoms with Crippen molar-refractivity contribution in [1.29, 1.82) is 0 Å². The average molecular weight is 817 g/mol. The van der Waals surface area contributed by atoms with Crippen molar-refractivity contribution in [3.8, 4) is 11.6 Å². The number of benzene rings is 2. The van der Waals surface area contributed by atoms with Gasteiger partial charge >= 0.3 is 12.4 Å². The summed E-state index contributed by atoms with van der Waals surface area (Å²) in [6, 6.07) is 13.8. The minimum atomic E-state index is -4.58. The molecule has 2 N–H and O–H groups in total. The molecule has 4 heterocycles. The third-order valence-corrected chi connectivity index (χ3v) is 8.88. The monoisotopic (exact) mass is 816 g/mol. The predicted octanol–water partition coefficient (Wildman–Crippen LogP) is 9.39. The van der Waals surface area contributed by atoms with E-state index in [4.69, 9.17) is 0 Å². The van der Waals surface area contributed by atoms with Gasteiger partial charge in [0.15, 0.2) is 34.7 Å². The minimum absolute atomic E-state index is 0.00395. The third kappa shape index (κ3) is 8.69. The average Bonchev–Trinajstić information content (AvgIpc) is 4.11.